The van der Waals surface area contributed by atoms with Gasteiger partial charge in [0.2, 0.25) is 0 Å². The van der Waals surface area contributed by atoms with Crippen LogP contribution in [0.15, 0.2) is 39.9 Å². The van der Waals surface area contributed by atoms with E-state index in [4.69, 9.17) is 10.5 Å². The second-order valence-electron chi connectivity index (χ2n) is 6.84. The van der Waals surface area contributed by atoms with Gasteiger partial charge in [0.1, 0.15) is 11.6 Å². The second-order valence-corrected chi connectivity index (χ2v) is 6.84. The van der Waals surface area contributed by atoms with Crippen LogP contribution in [0, 0.1) is 0 Å². The van der Waals surface area contributed by atoms with Crippen molar-refractivity contribution in [2.75, 3.05) is 50.0 Å². The third-order valence-electron chi connectivity index (χ3n) is 4.96. The third kappa shape index (κ3) is 6.16. The second kappa shape index (κ2) is 11.1. The number of anilines is 2. The molecule has 3 rings (SSSR count). The Labute approximate surface area is 182 Å². The number of hydrogen-bond acceptors (Lipinski definition) is 6. The molecule has 10 heteroatoms. The van der Waals surface area contributed by atoms with Gasteiger partial charge in [-0.2, -0.15) is 0 Å². The molecular formula is C19H29Cl2N5O3. The van der Waals surface area contributed by atoms with E-state index in [2.05, 4.69) is 9.80 Å². The van der Waals surface area contributed by atoms with Gasteiger partial charge in [0.05, 0.1) is 6.61 Å². The first-order valence-electron chi connectivity index (χ1n) is 9.18. The van der Waals surface area contributed by atoms with Gasteiger partial charge in [-0.25, -0.2) is 4.79 Å². The molecule has 162 valence electrons. The predicted molar refractivity (Wildman–Crippen MR) is 121 cm³/mol. The number of aromatic nitrogens is 2. The minimum Gasteiger partial charge on any atom is -0.494 e. The molecule has 0 atom stereocenters. The Kier molecular flexibility index (Phi) is 9.55. The Hall–Kier alpha value is -2.16. The van der Waals surface area contributed by atoms with E-state index in [0.29, 0.717) is 12.4 Å². The summed E-state index contributed by atoms with van der Waals surface area (Å²) in [7, 11) is 3.21. The number of piperazine rings is 1. The molecule has 1 aromatic heterocycles. The van der Waals surface area contributed by atoms with Crippen molar-refractivity contribution in [3.8, 4) is 5.75 Å². The summed E-state index contributed by atoms with van der Waals surface area (Å²) in [5.41, 5.74) is 5.83. The molecule has 1 aliphatic heterocycles. The van der Waals surface area contributed by atoms with Crippen molar-refractivity contribution in [3.63, 3.8) is 0 Å². The average Bonchev–Trinajstić information content (AvgIpc) is 2.68. The molecular weight excluding hydrogens is 417 g/mol. The minimum atomic E-state index is -0.292. The van der Waals surface area contributed by atoms with E-state index in [1.165, 1.54) is 17.7 Å². The van der Waals surface area contributed by atoms with E-state index in [0.717, 1.165) is 55.1 Å². The fourth-order valence-electron chi connectivity index (χ4n) is 3.27. The smallest absolute Gasteiger partial charge is 0.332 e. The van der Waals surface area contributed by atoms with E-state index in [1.54, 1.807) is 7.05 Å². The standard InChI is InChI=1S/C19H27N5O3.2ClH/c1-21-17(14-18(25)22(2)19(21)26)24-11-9-23(10-12-24)8-3-13-27-16-6-4-15(20)5-7-16;;/h4-7,14H,3,8-13,20H2,1-2H3;2*1H. The number of nitrogens with zero attached hydrogens (tertiary/aromatic N) is 4. The van der Waals surface area contributed by atoms with Crippen LogP contribution in [-0.2, 0) is 14.1 Å². The SMILES string of the molecule is Cl.Cl.Cn1c(N2CCN(CCCOc3ccc(N)cc3)CC2)cc(=O)n(C)c1=O. The molecule has 1 aliphatic rings. The number of rotatable bonds is 6. The Morgan fingerprint density at radius 3 is 2.21 bits per heavy atom. The van der Waals surface area contributed by atoms with Crippen LogP contribution in [0.5, 0.6) is 5.75 Å². The molecule has 29 heavy (non-hydrogen) atoms. The molecule has 0 aliphatic carbocycles. The van der Waals surface area contributed by atoms with Gasteiger partial charge in [0.15, 0.2) is 0 Å². The maximum Gasteiger partial charge on any atom is 0.332 e. The van der Waals surface area contributed by atoms with Crippen molar-refractivity contribution >= 4 is 36.3 Å². The Bertz CT molecular complexity index is 890. The lowest BCUT2D eigenvalue weighted by Crippen LogP contribution is -2.49. The molecule has 2 heterocycles. The molecule has 0 bridgehead atoms. The zero-order valence-electron chi connectivity index (χ0n) is 16.7. The summed E-state index contributed by atoms with van der Waals surface area (Å²) in [6, 6.07) is 8.96. The average molecular weight is 446 g/mol. The van der Waals surface area contributed by atoms with Crippen LogP contribution >= 0.6 is 24.8 Å². The minimum absolute atomic E-state index is 0. The highest BCUT2D eigenvalue weighted by atomic mass is 35.5. The zero-order chi connectivity index (χ0) is 19.4. The number of benzene rings is 1. The number of hydrogen-bond donors (Lipinski definition) is 1. The van der Waals surface area contributed by atoms with Gasteiger partial charge >= 0.3 is 5.69 Å². The molecule has 2 aromatic rings. The number of nitrogen functional groups attached to an aromatic ring is 1. The molecule has 0 amide bonds. The number of halogens is 2. The van der Waals surface area contributed by atoms with E-state index in [-0.39, 0.29) is 36.1 Å². The van der Waals surface area contributed by atoms with E-state index in [1.807, 2.05) is 24.3 Å². The summed E-state index contributed by atoms with van der Waals surface area (Å²) < 4.78 is 8.39. The topological polar surface area (TPSA) is 85.7 Å². The van der Waals surface area contributed by atoms with E-state index in [9.17, 15) is 9.59 Å². The van der Waals surface area contributed by atoms with Gasteiger partial charge in [-0.1, -0.05) is 0 Å². The van der Waals surface area contributed by atoms with Crippen molar-refractivity contribution in [2.45, 2.75) is 6.42 Å². The fourth-order valence-corrected chi connectivity index (χ4v) is 3.27. The van der Waals surface area contributed by atoms with E-state index >= 15 is 0 Å². The molecule has 1 saturated heterocycles. The van der Waals surface area contributed by atoms with Crippen LogP contribution in [0.25, 0.3) is 0 Å². The summed E-state index contributed by atoms with van der Waals surface area (Å²) in [6.45, 7) is 4.99. The monoisotopic (exact) mass is 445 g/mol. The first-order chi connectivity index (χ1) is 13.0. The maximum absolute atomic E-state index is 12.1. The third-order valence-corrected chi connectivity index (χ3v) is 4.96. The first-order valence-corrected chi connectivity index (χ1v) is 9.18. The van der Waals surface area contributed by atoms with Crippen molar-refractivity contribution < 1.29 is 4.74 Å². The summed E-state index contributed by atoms with van der Waals surface area (Å²) in [6.07, 6.45) is 0.939. The number of ether oxygens (including phenoxy) is 1. The van der Waals surface area contributed by atoms with Gasteiger partial charge in [-0.15, -0.1) is 24.8 Å². The van der Waals surface area contributed by atoms with Crippen LogP contribution in [-0.4, -0.2) is 53.4 Å². The molecule has 0 saturated carbocycles. The van der Waals surface area contributed by atoms with Crippen LogP contribution in [0.4, 0.5) is 11.5 Å². The van der Waals surface area contributed by atoms with Gasteiger partial charge < -0.3 is 15.4 Å². The lowest BCUT2D eigenvalue weighted by molar-refractivity contribution is 0.224. The van der Waals surface area contributed by atoms with Crippen molar-refractivity contribution in [1.29, 1.82) is 0 Å². The largest absolute Gasteiger partial charge is 0.494 e. The molecule has 0 radical (unpaired) electrons. The van der Waals surface area contributed by atoms with Crippen molar-refractivity contribution in [2.24, 2.45) is 14.1 Å². The Morgan fingerprint density at radius 1 is 0.966 bits per heavy atom. The number of nitrogens with two attached hydrogens (primary N) is 1. The Morgan fingerprint density at radius 2 is 1.59 bits per heavy atom. The van der Waals surface area contributed by atoms with Gasteiger partial charge in [-0.3, -0.25) is 18.8 Å². The summed E-state index contributed by atoms with van der Waals surface area (Å²) in [4.78, 5) is 28.5. The van der Waals surface area contributed by atoms with Gasteiger partial charge in [0, 0.05) is 58.6 Å². The molecule has 1 aromatic carbocycles. The van der Waals surface area contributed by atoms with Crippen molar-refractivity contribution in [3.05, 3.63) is 51.2 Å². The van der Waals surface area contributed by atoms with Crippen molar-refractivity contribution in [1.82, 2.24) is 14.0 Å². The van der Waals surface area contributed by atoms with Gasteiger partial charge in [0.25, 0.3) is 5.56 Å². The van der Waals surface area contributed by atoms with E-state index < -0.39 is 0 Å². The molecule has 1 fully saturated rings. The van der Waals surface area contributed by atoms with Crippen LogP contribution < -0.4 is 26.6 Å². The lowest BCUT2D eigenvalue weighted by Gasteiger charge is -2.36. The van der Waals surface area contributed by atoms with Crippen LogP contribution in [0.2, 0.25) is 0 Å². The summed E-state index contributed by atoms with van der Waals surface area (Å²) >= 11 is 0. The highest BCUT2D eigenvalue weighted by Crippen LogP contribution is 2.14. The Balaban J connectivity index is 0.00000210. The first kappa shape index (κ1) is 24.9. The fraction of sp³-hybridized carbons (Fsp3) is 0.474. The summed E-state index contributed by atoms with van der Waals surface area (Å²) in [5, 5.41) is 0. The molecule has 8 nitrogen and oxygen atoms in total. The van der Waals surface area contributed by atoms with Crippen LogP contribution in [0.1, 0.15) is 6.42 Å². The highest BCUT2D eigenvalue weighted by Gasteiger charge is 2.20. The zero-order valence-corrected chi connectivity index (χ0v) is 18.4. The normalized spacial score (nSPS) is 14.1. The quantitative estimate of drug-likeness (QED) is 0.529. The molecule has 2 N–H and O–H groups in total. The molecule has 0 unspecified atom stereocenters. The van der Waals surface area contributed by atoms with Gasteiger partial charge in [-0.05, 0) is 30.7 Å². The maximum atomic E-state index is 12.1. The highest BCUT2D eigenvalue weighted by molar-refractivity contribution is 5.85. The molecule has 0 spiro atoms. The lowest BCUT2D eigenvalue weighted by atomic mass is 10.3. The summed E-state index contributed by atoms with van der Waals surface area (Å²) in [5.74, 6) is 1.52. The predicted octanol–water partition coefficient (Wildman–Crippen LogP) is 1.10. The van der Waals surface area contributed by atoms with Crippen LogP contribution in [0.3, 0.4) is 0 Å².